The van der Waals surface area contributed by atoms with Gasteiger partial charge >= 0.3 is 0 Å². The quantitative estimate of drug-likeness (QED) is 0.719. The average Bonchev–Trinajstić information content (AvgIpc) is 2.88. The van der Waals surface area contributed by atoms with Gasteiger partial charge in [-0.15, -0.1) is 0 Å². The molecule has 130 valence electrons. The number of rotatable bonds is 7. The summed E-state index contributed by atoms with van der Waals surface area (Å²) in [6, 6.07) is 7.46. The van der Waals surface area contributed by atoms with Crippen LogP contribution in [0.2, 0.25) is 0 Å². The van der Waals surface area contributed by atoms with Gasteiger partial charge in [-0.2, -0.15) is 0 Å². The van der Waals surface area contributed by atoms with Crippen molar-refractivity contribution in [1.82, 2.24) is 4.90 Å². The number of aliphatic hydroxyl groups excluding tert-OH is 2. The van der Waals surface area contributed by atoms with E-state index in [1.54, 1.807) is 0 Å². The average molecular weight is 328 g/mol. The van der Waals surface area contributed by atoms with Crippen LogP contribution < -0.4 is 5.32 Å². The van der Waals surface area contributed by atoms with Crippen LogP contribution in [0.15, 0.2) is 59.8 Å². The monoisotopic (exact) mass is 328 g/mol. The summed E-state index contributed by atoms with van der Waals surface area (Å²) >= 11 is 0. The Balaban J connectivity index is 2.15. The molecule has 0 aromatic heterocycles. The maximum Gasteiger partial charge on any atom is 0.109 e. The van der Waals surface area contributed by atoms with E-state index in [2.05, 4.69) is 30.1 Å². The Labute approximate surface area is 144 Å². The second kappa shape index (κ2) is 8.71. The summed E-state index contributed by atoms with van der Waals surface area (Å²) in [5.74, 6) is 0. The molecule has 0 amide bonds. The van der Waals surface area contributed by atoms with Crippen LogP contribution in [0, 0.1) is 0 Å². The molecule has 0 heterocycles. The van der Waals surface area contributed by atoms with Gasteiger partial charge in [-0.05, 0) is 55.7 Å². The molecule has 0 saturated carbocycles. The summed E-state index contributed by atoms with van der Waals surface area (Å²) in [4.78, 5) is 2.26. The molecule has 4 heteroatoms. The van der Waals surface area contributed by atoms with Crippen molar-refractivity contribution in [2.24, 2.45) is 0 Å². The van der Waals surface area contributed by atoms with Crippen molar-refractivity contribution in [3.05, 3.63) is 65.4 Å². The highest BCUT2D eigenvalue weighted by atomic mass is 16.3. The molecular weight excluding hydrogens is 300 g/mol. The van der Waals surface area contributed by atoms with Crippen molar-refractivity contribution < 1.29 is 10.2 Å². The molecule has 1 aliphatic carbocycles. The minimum Gasteiger partial charge on any atom is -0.388 e. The molecule has 0 bridgehead atoms. The van der Waals surface area contributed by atoms with E-state index in [0.717, 1.165) is 30.0 Å². The van der Waals surface area contributed by atoms with Crippen LogP contribution in [0.5, 0.6) is 0 Å². The Bertz CT molecular complexity index is 613. The van der Waals surface area contributed by atoms with Gasteiger partial charge in [-0.1, -0.05) is 24.3 Å². The van der Waals surface area contributed by atoms with Crippen molar-refractivity contribution >= 4 is 5.69 Å². The van der Waals surface area contributed by atoms with Gasteiger partial charge in [0.25, 0.3) is 0 Å². The van der Waals surface area contributed by atoms with E-state index in [0.29, 0.717) is 12.0 Å². The summed E-state index contributed by atoms with van der Waals surface area (Å²) in [6.45, 7) is 6.14. The number of likely N-dealkylation sites (N-methyl/N-ethyl adjacent to an activating group) is 1. The zero-order chi connectivity index (χ0) is 17.5. The van der Waals surface area contributed by atoms with Gasteiger partial charge in [0.2, 0.25) is 0 Å². The van der Waals surface area contributed by atoms with E-state index in [1.807, 2.05) is 49.5 Å². The second-order valence-electron chi connectivity index (χ2n) is 5.87. The highest BCUT2D eigenvalue weighted by Gasteiger charge is 2.22. The van der Waals surface area contributed by atoms with E-state index in [9.17, 15) is 10.2 Å². The molecule has 2 rings (SSSR count). The van der Waals surface area contributed by atoms with Gasteiger partial charge < -0.3 is 20.4 Å². The number of allylic oxidation sites excluding steroid dienone is 4. The second-order valence-corrected chi connectivity index (χ2v) is 5.87. The fraction of sp³-hybridized carbons (Fsp3) is 0.400. The number of hydrogen-bond acceptors (Lipinski definition) is 4. The molecule has 24 heavy (non-hydrogen) atoms. The molecule has 4 nitrogen and oxygen atoms in total. The summed E-state index contributed by atoms with van der Waals surface area (Å²) in [5.41, 5.74) is 3.64. The molecular formula is C20H28N2O2. The lowest BCUT2D eigenvalue weighted by molar-refractivity contribution is 0.0401. The van der Waals surface area contributed by atoms with Crippen molar-refractivity contribution in [2.75, 3.05) is 25.5 Å². The van der Waals surface area contributed by atoms with Gasteiger partial charge in [0.1, 0.15) is 12.2 Å². The zero-order valence-corrected chi connectivity index (χ0v) is 14.7. The Morgan fingerprint density at radius 1 is 1.04 bits per heavy atom. The molecule has 0 spiro atoms. The Kier molecular flexibility index (Phi) is 6.64. The van der Waals surface area contributed by atoms with Crippen molar-refractivity contribution in [1.29, 1.82) is 0 Å². The number of benzene rings is 1. The van der Waals surface area contributed by atoms with Crippen molar-refractivity contribution in [3.8, 4) is 0 Å². The number of hydrogen-bond donors (Lipinski definition) is 3. The smallest absolute Gasteiger partial charge is 0.109 e. The molecule has 0 radical (unpaired) electrons. The zero-order valence-electron chi connectivity index (χ0n) is 14.7. The minimum absolute atomic E-state index is 0.633. The van der Waals surface area contributed by atoms with Crippen molar-refractivity contribution in [3.63, 3.8) is 0 Å². The van der Waals surface area contributed by atoms with E-state index in [-0.39, 0.29) is 0 Å². The first-order valence-corrected chi connectivity index (χ1v) is 8.56. The van der Waals surface area contributed by atoms with Crippen LogP contribution in [-0.2, 0) is 0 Å². The van der Waals surface area contributed by atoms with E-state index in [1.165, 1.54) is 0 Å². The minimum atomic E-state index is -0.932. The summed E-state index contributed by atoms with van der Waals surface area (Å²) in [6.07, 6.45) is 6.87. The van der Waals surface area contributed by atoms with Gasteiger partial charge in [-0.3, -0.25) is 0 Å². The van der Waals surface area contributed by atoms with Crippen LogP contribution in [0.1, 0.15) is 31.9 Å². The van der Waals surface area contributed by atoms with Gasteiger partial charge in [0, 0.05) is 31.5 Å². The third-order valence-corrected chi connectivity index (χ3v) is 4.46. The number of nitrogens with one attached hydrogen (secondary N) is 1. The van der Waals surface area contributed by atoms with Gasteiger partial charge in [0.15, 0.2) is 0 Å². The first-order chi connectivity index (χ1) is 11.6. The van der Waals surface area contributed by atoms with Gasteiger partial charge in [-0.25, -0.2) is 0 Å². The molecule has 0 saturated heterocycles. The summed E-state index contributed by atoms with van der Waals surface area (Å²) in [7, 11) is 1.85. The molecule has 0 aliphatic heterocycles. The van der Waals surface area contributed by atoms with Crippen LogP contribution in [0.4, 0.5) is 5.69 Å². The highest BCUT2D eigenvalue weighted by Crippen LogP contribution is 2.26. The third kappa shape index (κ3) is 4.28. The maximum absolute atomic E-state index is 10.6. The van der Waals surface area contributed by atoms with Crippen molar-refractivity contribution in [2.45, 2.75) is 32.5 Å². The lowest BCUT2D eigenvalue weighted by Gasteiger charge is -2.21. The topological polar surface area (TPSA) is 55.7 Å². The lowest BCUT2D eigenvalue weighted by atomic mass is 9.96. The third-order valence-electron chi connectivity index (χ3n) is 4.46. The fourth-order valence-electron chi connectivity index (χ4n) is 2.88. The first-order valence-electron chi connectivity index (χ1n) is 8.56. The largest absolute Gasteiger partial charge is 0.388 e. The van der Waals surface area contributed by atoms with Gasteiger partial charge in [0.05, 0.1) is 0 Å². The normalized spacial score (nSPS) is 16.7. The first kappa shape index (κ1) is 18.3. The lowest BCUT2D eigenvalue weighted by Crippen LogP contribution is -2.21. The highest BCUT2D eigenvalue weighted by molar-refractivity contribution is 5.44. The molecule has 1 aromatic carbocycles. The van der Waals surface area contributed by atoms with Crippen LogP contribution >= 0.6 is 0 Å². The molecule has 1 aliphatic rings. The predicted octanol–water partition coefficient (Wildman–Crippen LogP) is 3.23. The van der Waals surface area contributed by atoms with E-state index < -0.39 is 12.2 Å². The SMILES string of the molecule is CCN(CC)C1=CC=C(C(O)C(O)c2ccc(NC)cc2)CC=C1. The fourth-order valence-corrected chi connectivity index (χ4v) is 2.88. The Morgan fingerprint density at radius 3 is 2.29 bits per heavy atom. The Morgan fingerprint density at radius 2 is 1.71 bits per heavy atom. The summed E-state index contributed by atoms with van der Waals surface area (Å²) < 4.78 is 0. The maximum atomic E-state index is 10.6. The standard InChI is InChI=1S/C20H28N2O2/c1-4-22(5-2)18-8-6-7-15(11-14-18)19(23)20(24)16-9-12-17(21-3)13-10-16/h6,8-14,19-21,23-24H,4-5,7H2,1-3H3. The van der Waals surface area contributed by atoms with Crippen LogP contribution in [-0.4, -0.2) is 41.4 Å². The number of nitrogens with zero attached hydrogens (tertiary/aromatic N) is 1. The van der Waals surface area contributed by atoms with Crippen LogP contribution in [0.25, 0.3) is 0 Å². The van der Waals surface area contributed by atoms with E-state index in [4.69, 9.17) is 0 Å². The molecule has 1 aromatic rings. The summed E-state index contributed by atoms with van der Waals surface area (Å²) in [5, 5.41) is 24.1. The Hall–Kier alpha value is -2.04. The molecule has 0 fully saturated rings. The number of aliphatic hydroxyl groups is 2. The van der Waals surface area contributed by atoms with E-state index >= 15 is 0 Å². The molecule has 2 unspecified atom stereocenters. The van der Waals surface area contributed by atoms with Crippen LogP contribution in [0.3, 0.4) is 0 Å². The predicted molar refractivity (Wildman–Crippen MR) is 99.8 cm³/mol. The number of anilines is 1. The molecule has 3 N–H and O–H groups in total. The molecule has 2 atom stereocenters.